The summed E-state index contributed by atoms with van der Waals surface area (Å²) in [5.74, 6) is 0. The molecule has 38 heavy (non-hydrogen) atoms. The van der Waals surface area contributed by atoms with Gasteiger partial charge in [0.25, 0.3) is 0 Å². The molecule has 0 spiro atoms. The van der Waals surface area contributed by atoms with E-state index in [2.05, 4.69) is 80.5 Å². The Morgan fingerprint density at radius 3 is 1.39 bits per heavy atom. The van der Waals surface area contributed by atoms with Gasteiger partial charge in [0.15, 0.2) is 0 Å². The van der Waals surface area contributed by atoms with Gasteiger partial charge < -0.3 is 9.80 Å². The minimum Gasteiger partial charge on any atom is -0.371 e. The zero-order valence-corrected chi connectivity index (χ0v) is 24.0. The average Bonchev–Trinajstić information content (AvgIpc) is 3.49. The molecule has 1 aliphatic heterocycles. The van der Waals surface area contributed by atoms with Gasteiger partial charge in [0.2, 0.25) is 0 Å². The Morgan fingerprint density at radius 1 is 0.632 bits per heavy atom. The van der Waals surface area contributed by atoms with Crippen LogP contribution in [0.25, 0.3) is 0 Å². The number of rotatable bonds is 6. The molecule has 0 unspecified atom stereocenters. The van der Waals surface area contributed by atoms with Crippen molar-refractivity contribution in [2.24, 2.45) is 34.6 Å². The van der Waals surface area contributed by atoms with Crippen molar-refractivity contribution in [1.82, 2.24) is 0 Å². The third-order valence-electron chi connectivity index (χ3n) is 6.81. The number of anilines is 2. The van der Waals surface area contributed by atoms with Crippen LogP contribution in [0.15, 0.2) is 80.0 Å². The van der Waals surface area contributed by atoms with E-state index in [4.69, 9.17) is 0 Å². The van der Waals surface area contributed by atoms with Crippen LogP contribution in [0.2, 0.25) is 0 Å². The molecule has 1 aliphatic rings. The lowest BCUT2D eigenvalue weighted by molar-refractivity contribution is -0.654. The van der Waals surface area contributed by atoms with Crippen LogP contribution in [0, 0.1) is 13.8 Å². The lowest BCUT2D eigenvalue weighted by Crippen LogP contribution is -2.36. The number of aryl methyl sites for hydroxylation is 4. The lowest BCUT2D eigenvalue weighted by atomic mass is 10.1. The van der Waals surface area contributed by atoms with Crippen LogP contribution in [0.3, 0.4) is 0 Å². The molecule has 196 valence electrons. The molecule has 2 aromatic heterocycles. The molecule has 2 aromatic carbocycles. The summed E-state index contributed by atoms with van der Waals surface area (Å²) in [6.07, 6.45) is 6.19. The highest BCUT2D eigenvalue weighted by molar-refractivity contribution is 7.13. The monoisotopic (exact) mass is 546 g/mol. The van der Waals surface area contributed by atoms with Crippen LogP contribution in [0.1, 0.15) is 24.0 Å². The Labute approximate surface area is 232 Å². The summed E-state index contributed by atoms with van der Waals surface area (Å²) in [6.45, 7) is 8.36. The molecule has 8 nitrogen and oxygen atoms in total. The number of benzene rings is 2. The highest BCUT2D eigenvalue weighted by Gasteiger charge is 2.17. The van der Waals surface area contributed by atoms with Crippen molar-refractivity contribution in [3.05, 3.63) is 70.7 Å². The number of azo groups is 2. The van der Waals surface area contributed by atoms with Crippen molar-refractivity contribution in [2.45, 2.75) is 26.7 Å². The van der Waals surface area contributed by atoms with E-state index in [9.17, 15) is 0 Å². The maximum absolute atomic E-state index is 4.49. The predicted octanol–water partition coefficient (Wildman–Crippen LogP) is 7.01. The van der Waals surface area contributed by atoms with E-state index >= 15 is 0 Å². The molecule has 0 bridgehead atoms. The van der Waals surface area contributed by atoms with Crippen LogP contribution in [0.5, 0.6) is 0 Å². The van der Waals surface area contributed by atoms with Gasteiger partial charge in [-0.3, -0.25) is 0 Å². The summed E-state index contributed by atoms with van der Waals surface area (Å²) in [4.78, 5) is 5.01. The third-order valence-corrected chi connectivity index (χ3v) is 8.49. The first-order chi connectivity index (χ1) is 18.5. The molecule has 4 aromatic rings. The van der Waals surface area contributed by atoms with Gasteiger partial charge in [-0.2, -0.15) is 0 Å². The fraction of sp³-hybridized carbons (Fsp3) is 0.357. The fourth-order valence-corrected chi connectivity index (χ4v) is 5.94. The molecule has 10 heteroatoms. The molecule has 0 amide bonds. The van der Waals surface area contributed by atoms with E-state index < -0.39 is 0 Å². The Kier molecular flexibility index (Phi) is 8.19. The Morgan fingerprint density at radius 2 is 1.05 bits per heavy atom. The number of thiazole rings is 2. The first-order valence-corrected chi connectivity index (χ1v) is 14.6. The Hall–Kier alpha value is -3.50. The van der Waals surface area contributed by atoms with Gasteiger partial charge in [0, 0.05) is 48.3 Å². The third kappa shape index (κ3) is 6.14. The van der Waals surface area contributed by atoms with Gasteiger partial charge in [-0.15, -0.1) is 0 Å². The summed E-state index contributed by atoms with van der Waals surface area (Å²) >= 11 is 3.18. The van der Waals surface area contributed by atoms with Gasteiger partial charge in [-0.25, -0.2) is 9.13 Å². The van der Waals surface area contributed by atoms with Gasteiger partial charge in [-0.1, -0.05) is 0 Å². The summed E-state index contributed by atoms with van der Waals surface area (Å²) in [5, 5.41) is 23.6. The molecule has 3 heterocycles. The summed E-state index contributed by atoms with van der Waals surface area (Å²) < 4.78 is 3.96. The highest BCUT2D eigenvalue weighted by atomic mass is 32.1. The maximum Gasteiger partial charge on any atom is 0.408 e. The molecule has 0 radical (unpaired) electrons. The molecule has 1 saturated heterocycles. The van der Waals surface area contributed by atoms with Crippen molar-refractivity contribution in [2.75, 3.05) is 36.0 Å². The van der Waals surface area contributed by atoms with Gasteiger partial charge >= 0.3 is 10.3 Å². The predicted molar refractivity (Wildman–Crippen MR) is 155 cm³/mol. The molecule has 0 aliphatic carbocycles. The van der Waals surface area contributed by atoms with Crippen LogP contribution < -0.4 is 18.9 Å². The Bertz CT molecular complexity index is 1340. The molecular weight excluding hydrogens is 512 g/mol. The van der Waals surface area contributed by atoms with Crippen LogP contribution in [-0.2, 0) is 14.1 Å². The molecular formula is C28H34N8S2+2. The second-order valence-corrected chi connectivity index (χ2v) is 11.4. The van der Waals surface area contributed by atoms with Gasteiger partial charge in [0.05, 0.1) is 24.3 Å². The van der Waals surface area contributed by atoms with Crippen LogP contribution in [-0.4, -0.2) is 26.2 Å². The van der Waals surface area contributed by atoms with Crippen LogP contribution >= 0.6 is 22.7 Å². The summed E-state index contributed by atoms with van der Waals surface area (Å²) in [5.41, 5.74) is 6.66. The minimum absolute atomic E-state index is 0.892. The number of nitrogens with zero attached hydrogens (tertiary/aromatic N) is 8. The number of hydrogen-bond acceptors (Lipinski definition) is 8. The van der Waals surface area contributed by atoms with E-state index in [-0.39, 0.29) is 0 Å². The first kappa shape index (κ1) is 26.1. The van der Waals surface area contributed by atoms with Crippen molar-refractivity contribution in [1.29, 1.82) is 0 Å². The van der Waals surface area contributed by atoms with Gasteiger partial charge in [0.1, 0.15) is 23.8 Å². The smallest absolute Gasteiger partial charge is 0.371 e. The molecule has 0 atom stereocenters. The second kappa shape index (κ2) is 11.9. The minimum atomic E-state index is 0.892. The van der Waals surface area contributed by atoms with Crippen molar-refractivity contribution >= 4 is 55.7 Å². The van der Waals surface area contributed by atoms with Crippen molar-refractivity contribution in [3.8, 4) is 0 Å². The largest absolute Gasteiger partial charge is 0.408 e. The molecule has 0 saturated carbocycles. The topological polar surface area (TPSA) is 63.7 Å². The van der Waals surface area contributed by atoms with E-state index in [1.807, 2.05) is 46.4 Å². The second-order valence-electron chi connectivity index (χ2n) is 9.62. The van der Waals surface area contributed by atoms with E-state index in [0.717, 1.165) is 71.8 Å². The number of hydrogen-bond donors (Lipinski definition) is 0. The van der Waals surface area contributed by atoms with E-state index in [0.29, 0.717) is 0 Å². The van der Waals surface area contributed by atoms with Crippen LogP contribution in [0.4, 0.5) is 33.0 Å². The summed E-state index contributed by atoms with van der Waals surface area (Å²) in [7, 11) is 3.97. The number of aromatic nitrogens is 2. The van der Waals surface area contributed by atoms with Crippen molar-refractivity contribution in [3.63, 3.8) is 0 Å². The normalized spacial score (nSPS) is 14.9. The van der Waals surface area contributed by atoms with E-state index in [1.165, 1.54) is 11.4 Å². The first-order valence-electron chi connectivity index (χ1n) is 12.9. The quantitative estimate of drug-likeness (QED) is 0.193. The SMILES string of the molecule is Cc1cc(N2CCCN(c3ccc(N=Nc4scc[n+]4C)c(C)c3)CCC2)ccc1N=Nc1scc[n+]1C. The lowest BCUT2D eigenvalue weighted by Gasteiger charge is -2.33. The molecule has 5 rings (SSSR count). The fourth-order valence-electron chi connectivity index (χ4n) is 4.58. The van der Waals surface area contributed by atoms with Gasteiger partial charge in [-0.05, 0) is 107 Å². The Balaban J connectivity index is 1.20. The highest BCUT2D eigenvalue weighted by Crippen LogP contribution is 2.30. The molecule has 1 fully saturated rings. The average molecular weight is 547 g/mol. The standard InChI is InChI=1S/C28H34N8S2/c1-21-19-23(7-9-25(21)29-31-27-33(3)15-17-37-27)35-11-5-13-36(14-6-12-35)24-8-10-26(22(2)20-24)30-32-28-34(4)16-18-38-28/h7-10,15-20H,5-6,11-14H2,1-4H3/q+2. The zero-order valence-electron chi connectivity index (χ0n) is 22.4. The summed E-state index contributed by atoms with van der Waals surface area (Å²) in [6, 6.07) is 13.0. The van der Waals surface area contributed by atoms with E-state index in [1.54, 1.807) is 22.7 Å². The maximum atomic E-state index is 4.49. The van der Waals surface area contributed by atoms with Crippen molar-refractivity contribution < 1.29 is 9.13 Å². The zero-order chi connectivity index (χ0) is 26.5. The molecule has 0 N–H and O–H groups in total.